The van der Waals surface area contributed by atoms with E-state index in [9.17, 15) is 4.79 Å². The van der Waals surface area contributed by atoms with E-state index in [1.807, 2.05) is 18.2 Å². The van der Waals surface area contributed by atoms with Crippen molar-refractivity contribution in [2.24, 2.45) is 0 Å². The maximum Gasteiger partial charge on any atom is 0.351 e. The monoisotopic (exact) mass is 414 g/mol. The number of rotatable bonds is 6. The molecule has 30 heavy (non-hydrogen) atoms. The highest BCUT2D eigenvalue weighted by molar-refractivity contribution is 5.67. The Hall–Kier alpha value is -3.08. The molecule has 1 aromatic heterocycles. The zero-order valence-electron chi connectivity index (χ0n) is 16.3. The summed E-state index contributed by atoms with van der Waals surface area (Å²) in [7, 11) is 0. The van der Waals surface area contributed by atoms with Gasteiger partial charge in [-0.3, -0.25) is 4.57 Å². The molecule has 1 atom stereocenters. The number of nitrogens with one attached hydrogen (secondary N) is 1. The minimum absolute atomic E-state index is 0.156. The lowest BCUT2D eigenvalue weighted by Gasteiger charge is -2.24. The Balaban J connectivity index is 1.33. The van der Waals surface area contributed by atoms with Crippen molar-refractivity contribution in [2.45, 2.75) is 19.1 Å². The van der Waals surface area contributed by atoms with E-state index in [0.717, 1.165) is 29.0 Å². The Kier molecular flexibility index (Phi) is 5.26. The van der Waals surface area contributed by atoms with Gasteiger partial charge in [0, 0.05) is 18.2 Å². The second kappa shape index (κ2) is 8.34. The number of hydrazine groups is 1. The lowest BCUT2D eigenvalue weighted by molar-refractivity contribution is -0.102. The van der Waals surface area contributed by atoms with E-state index in [-0.39, 0.29) is 18.4 Å². The van der Waals surface area contributed by atoms with Gasteiger partial charge in [0.05, 0.1) is 31.7 Å². The summed E-state index contributed by atoms with van der Waals surface area (Å²) in [6.07, 6.45) is 3.84. The maximum absolute atomic E-state index is 12.5. The second-order valence-electron chi connectivity index (χ2n) is 7.10. The van der Waals surface area contributed by atoms with E-state index >= 15 is 0 Å². The Labute approximate surface area is 172 Å². The van der Waals surface area contributed by atoms with Gasteiger partial charge in [-0.25, -0.2) is 9.80 Å². The van der Waals surface area contributed by atoms with Gasteiger partial charge in [0.2, 0.25) is 5.88 Å². The zero-order chi connectivity index (χ0) is 20.3. The maximum atomic E-state index is 12.5. The molecule has 2 aromatic rings. The summed E-state index contributed by atoms with van der Waals surface area (Å²) < 4.78 is 24.2. The quantitative estimate of drug-likeness (QED) is 0.737. The molecule has 1 saturated heterocycles. The van der Waals surface area contributed by atoms with Crippen LogP contribution in [0.25, 0.3) is 11.3 Å². The van der Waals surface area contributed by atoms with Gasteiger partial charge < -0.3 is 23.8 Å². The SMILES string of the molecule is O=c1nc(OCC2COCCO2)cc2n1CCc1cc(OCN3C=CON3)ccc1-2. The molecule has 1 N–H and O–H groups in total. The van der Waals surface area contributed by atoms with Gasteiger partial charge in [0.1, 0.15) is 24.7 Å². The van der Waals surface area contributed by atoms with Crippen LogP contribution in [0, 0.1) is 0 Å². The normalized spacial score (nSPS) is 19.7. The lowest BCUT2D eigenvalue weighted by Crippen LogP contribution is -2.34. The smallest absolute Gasteiger partial charge is 0.351 e. The average molecular weight is 414 g/mol. The molecule has 10 nitrogen and oxygen atoms in total. The van der Waals surface area contributed by atoms with Crippen LogP contribution >= 0.6 is 0 Å². The summed E-state index contributed by atoms with van der Waals surface area (Å²) in [6.45, 7) is 2.77. The molecule has 1 fully saturated rings. The van der Waals surface area contributed by atoms with Crippen LogP contribution in [-0.4, -0.2) is 53.8 Å². The summed E-state index contributed by atoms with van der Waals surface area (Å²) >= 11 is 0. The van der Waals surface area contributed by atoms with Crippen LogP contribution < -0.4 is 20.8 Å². The highest BCUT2D eigenvalue weighted by Crippen LogP contribution is 2.32. The molecule has 3 aliphatic rings. The predicted molar refractivity (Wildman–Crippen MR) is 104 cm³/mol. The van der Waals surface area contributed by atoms with Gasteiger partial charge in [-0.2, -0.15) is 4.98 Å². The largest absolute Gasteiger partial charge is 0.475 e. The van der Waals surface area contributed by atoms with Crippen LogP contribution in [0.2, 0.25) is 0 Å². The minimum atomic E-state index is -0.318. The summed E-state index contributed by atoms with van der Waals surface area (Å²) in [5, 5.41) is 1.67. The third-order valence-corrected chi connectivity index (χ3v) is 5.10. The highest BCUT2D eigenvalue weighted by atomic mass is 16.7. The van der Waals surface area contributed by atoms with Gasteiger partial charge in [0.15, 0.2) is 6.73 Å². The van der Waals surface area contributed by atoms with Gasteiger partial charge in [-0.05, 0) is 30.2 Å². The van der Waals surface area contributed by atoms with Crippen molar-refractivity contribution < 1.29 is 23.8 Å². The molecule has 4 heterocycles. The van der Waals surface area contributed by atoms with Gasteiger partial charge in [-0.15, -0.1) is 0 Å². The van der Waals surface area contributed by atoms with Crippen molar-refractivity contribution in [3.8, 4) is 22.9 Å². The summed E-state index contributed by atoms with van der Waals surface area (Å²) in [5.41, 5.74) is 5.22. The fourth-order valence-corrected chi connectivity index (χ4v) is 3.60. The van der Waals surface area contributed by atoms with E-state index in [0.29, 0.717) is 39.0 Å². The van der Waals surface area contributed by atoms with Crippen LogP contribution in [0.5, 0.6) is 11.6 Å². The van der Waals surface area contributed by atoms with Crippen molar-refractivity contribution in [3.05, 3.63) is 52.8 Å². The van der Waals surface area contributed by atoms with Crippen molar-refractivity contribution in [1.29, 1.82) is 0 Å². The Morgan fingerprint density at radius 3 is 3.03 bits per heavy atom. The molecule has 3 aliphatic heterocycles. The second-order valence-corrected chi connectivity index (χ2v) is 7.10. The first kappa shape index (κ1) is 18.9. The third-order valence-electron chi connectivity index (χ3n) is 5.10. The number of hydrogen-bond donors (Lipinski definition) is 1. The number of nitrogens with zero attached hydrogens (tertiary/aromatic N) is 3. The van der Waals surface area contributed by atoms with Crippen molar-refractivity contribution >= 4 is 0 Å². The molecule has 0 spiro atoms. The first-order chi connectivity index (χ1) is 14.8. The molecule has 10 heteroatoms. The molecular formula is C20H22N4O6. The molecular weight excluding hydrogens is 392 g/mol. The molecule has 158 valence electrons. The van der Waals surface area contributed by atoms with E-state index in [1.165, 1.54) is 6.26 Å². The fraction of sp³-hybridized carbons (Fsp3) is 0.400. The predicted octanol–water partition coefficient (Wildman–Crippen LogP) is 0.820. The summed E-state index contributed by atoms with van der Waals surface area (Å²) in [4.78, 5) is 21.5. The topological polar surface area (TPSA) is 96.3 Å². The van der Waals surface area contributed by atoms with Crippen LogP contribution in [0.3, 0.4) is 0 Å². The van der Waals surface area contributed by atoms with E-state index < -0.39 is 0 Å². The molecule has 0 bridgehead atoms. The standard InChI is InChI=1S/C20H22N4O6/c25-20-21-19(28-12-16-11-26-7-8-27-16)10-18-17-2-1-15(9-14(17)3-4-24(18)20)29-13-23-5-6-30-22-23/h1-2,5-6,9-10,16,22H,3-4,7-8,11-13H2. The van der Waals surface area contributed by atoms with Crippen LogP contribution in [-0.2, 0) is 27.3 Å². The number of hydrogen-bond acceptors (Lipinski definition) is 9. The van der Waals surface area contributed by atoms with Gasteiger partial charge in [0.25, 0.3) is 0 Å². The number of aryl methyl sites for hydroxylation is 1. The molecule has 0 aliphatic carbocycles. The number of ether oxygens (including phenoxy) is 4. The van der Waals surface area contributed by atoms with Crippen molar-refractivity contribution in [1.82, 2.24) is 20.1 Å². The molecule has 5 rings (SSSR count). The molecule has 0 saturated carbocycles. The number of benzene rings is 1. The number of fused-ring (bicyclic) bond motifs is 3. The average Bonchev–Trinajstić information content (AvgIpc) is 3.30. The minimum Gasteiger partial charge on any atom is -0.475 e. The molecule has 1 aromatic carbocycles. The lowest BCUT2D eigenvalue weighted by atomic mass is 9.97. The Morgan fingerprint density at radius 2 is 2.20 bits per heavy atom. The summed E-state index contributed by atoms with van der Waals surface area (Å²) in [5.74, 6) is 1.03. The molecule has 0 radical (unpaired) electrons. The number of aromatic nitrogens is 2. The van der Waals surface area contributed by atoms with Crippen molar-refractivity contribution in [2.75, 3.05) is 33.2 Å². The van der Waals surface area contributed by atoms with E-state index in [4.69, 9.17) is 23.8 Å². The fourth-order valence-electron chi connectivity index (χ4n) is 3.60. The van der Waals surface area contributed by atoms with Gasteiger partial charge in [-0.1, -0.05) is 5.59 Å². The third kappa shape index (κ3) is 3.97. The van der Waals surface area contributed by atoms with Crippen molar-refractivity contribution in [3.63, 3.8) is 0 Å². The summed E-state index contributed by atoms with van der Waals surface area (Å²) in [6, 6.07) is 7.65. The Bertz CT molecular complexity index is 1000. The van der Waals surface area contributed by atoms with Gasteiger partial charge >= 0.3 is 5.69 Å². The highest BCUT2D eigenvalue weighted by Gasteiger charge is 2.21. The van der Waals surface area contributed by atoms with Crippen LogP contribution in [0.15, 0.2) is 41.5 Å². The van der Waals surface area contributed by atoms with Crippen LogP contribution in [0.1, 0.15) is 5.56 Å². The van der Waals surface area contributed by atoms with E-state index in [1.54, 1.807) is 21.8 Å². The molecule has 1 unspecified atom stereocenters. The molecule has 0 amide bonds. The first-order valence-corrected chi connectivity index (χ1v) is 9.81. The first-order valence-electron chi connectivity index (χ1n) is 9.81. The zero-order valence-corrected chi connectivity index (χ0v) is 16.3. The Morgan fingerprint density at radius 1 is 1.23 bits per heavy atom. The van der Waals surface area contributed by atoms with Crippen LogP contribution in [0.4, 0.5) is 0 Å². The van der Waals surface area contributed by atoms with E-state index in [2.05, 4.69) is 10.6 Å².